The molecule has 0 aliphatic heterocycles. The van der Waals surface area contributed by atoms with Crippen molar-refractivity contribution in [3.63, 3.8) is 0 Å². The molecular formula is C16H25N3O2. The summed E-state index contributed by atoms with van der Waals surface area (Å²) in [4.78, 5) is 23.2. The van der Waals surface area contributed by atoms with Gasteiger partial charge in [0.15, 0.2) is 0 Å². The summed E-state index contributed by atoms with van der Waals surface area (Å²) in [7, 11) is 0. The summed E-state index contributed by atoms with van der Waals surface area (Å²) in [5.74, 6) is 0.323. The Labute approximate surface area is 126 Å². The minimum atomic E-state index is -0.0767. The van der Waals surface area contributed by atoms with Gasteiger partial charge in [-0.1, -0.05) is 38.1 Å². The largest absolute Gasteiger partial charge is 0.356 e. The van der Waals surface area contributed by atoms with Crippen LogP contribution in [-0.4, -0.2) is 24.9 Å². The number of benzene rings is 1. The first-order chi connectivity index (χ1) is 10.0. The molecule has 0 unspecified atom stereocenters. The van der Waals surface area contributed by atoms with E-state index in [2.05, 4.69) is 10.6 Å². The van der Waals surface area contributed by atoms with Crippen LogP contribution >= 0.6 is 0 Å². The van der Waals surface area contributed by atoms with Gasteiger partial charge in [0.1, 0.15) is 0 Å². The van der Waals surface area contributed by atoms with Gasteiger partial charge >= 0.3 is 0 Å². The van der Waals surface area contributed by atoms with Crippen molar-refractivity contribution in [3.8, 4) is 0 Å². The normalized spacial score (nSPS) is 10.5. The first-order valence-corrected chi connectivity index (χ1v) is 7.32. The van der Waals surface area contributed by atoms with Crippen LogP contribution in [0.5, 0.6) is 0 Å². The Balaban J connectivity index is 2.23. The predicted molar refractivity (Wildman–Crippen MR) is 83.5 cm³/mol. The maximum absolute atomic E-state index is 11.7. The average Bonchev–Trinajstić information content (AvgIpc) is 2.46. The van der Waals surface area contributed by atoms with Gasteiger partial charge < -0.3 is 16.4 Å². The molecule has 0 bridgehead atoms. The third-order valence-electron chi connectivity index (χ3n) is 3.01. The van der Waals surface area contributed by atoms with Gasteiger partial charge in [0.05, 0.1) is 6.42 Å². The summed E-state index contributed by atoms with van der Waals surface area (Å²) in [6.07, 6.45) is 0.628. The second-order valence-corrected chi connectivity index (χ2v) is 5.50. The van der Waals surface area contributed by atoms with E-state index in [0.29, 0.717) is 38.4 Å². The van der Waals surface area contributed by atoms with Gasteiger partial charge in [0.25, 0.3) is 0 Å². The lowest BCUT2D eigenvalue weighted by Gasteiger charge is -2.08. The Morgan fingerprint density at radius 2 is 1.67 bits per heavy atom. The Kier molecular flexibility index (Phi) is 7.46. The van der Waals surface area contributed by atoms with Crippen molar-refractivity contribution in [1.82, 2.24) is 10.6 Å². The maximum atomic E-state index is 11.7. The smallest absolute Gasteiger partial charge is 0.224 e. The lowest BCUT2D eigenvalue weighted by molar-refractivity contribution is -0.122. The highest BCUT2D eigenvalue weighted by atomic mass is 16.2. The fourth-order valence-corrected chi connectivity index (χ4v) is 1.76. The van der Waals surface area contributed by atoms with Crippen LogP contribution in [0.2, 0.25) is 0 Å². The van der Waals surface area contributed by atoms with Crippen molar-refractivity contribution < 1.29 is 9.59 Å². The average molecular weight is 291 g/mol. The van der Waals surface area contributed by atoms with Crippen LogP contribution in [0.3, 0.4) is 0 Å². The van der Waals surface area contributed by atoms with E-state index in [1.807, 2.05) is 38.1 Å². The molecule has 5 heteroatoms. The summed E-state index contributed by atoms with van der Waals surface area (Å²) in [6, 6.07) is 7.64. The topological polar surface area (TPSA) is 84.2 Å². The minimum absolute atomic E-state index is 0.0312. The molecule has 0 heterocycles. The first kappa shape index (κ1) is 17.2. The van der Waals surface area contributed by atoms with Crippen LogP contribution in [0.25, 0.3) is 0 Å². The van der Waals surface area contributed by atoms with Gasteiger partial charge in [0.2, 0.25) is 11.8 Å². The van der Waals surface area contributed by atoms with E-state index >= 15 is 0 Å². The Hall–Kier alpha value is -1.88. The van der Waals surface area contributed by atoms with Crippen molar-refractivity contribution >= 4 is 11.8 Å². The van der Waals surface area contributed by atoms with Crippen molar-refractivity contribution in [1.29, 1.82) is 0 Å². The van der Waals surface area contributed by atoms with Crippen LogP contribution in [0.4, 0.5) is 0 Å². The van der Waals surface area contributed by atoms with E-state index < -0.39 is 0 Å². The fourth-order valence-electron chi connectivity index (χ4n) is 1.76. The molecule has 1 aromatic rings. The molecule has 21 heavy (non-hydrogen) atoms. The molecule has 1 rings (SSSR count). The Morgan fingerprint density at radius 1 is 1.05 bits per heavy atom. The number of carbonyl (C=O) groups is 2. The molecule has 5 nitrogen and oxygen atoms in total. The molecule has 0 spiro atoms. The van der Waals surface area contributed by atoms with E-state index in [-0.39, 0.29) is 11.8 Å². The van der Waals surface area contributed by atoms with Gasteiger partial charge in [-0.25, -0.2) is 0 Å². The zero-order valence-corrected chi connectivity index (χ0v) is 12.8. The van der Waals surface area contributed by atoms with E-state index in [1.54, 1.807) is 0 Å². The monoisotopic (exact) mass is 291 g/mol. The third kappa shape index (κ3) is 7.46. The molecule has 0 aliphatic carbocycles. The van der Waals surface area contributed by atoms with Crippen LogP contribution < -0.4 is 16.4 Å². The number of rotatable bonds is 8. The number of hydrogen-bond donors (Lipinski definition) is 3. The van der Waals surface area contributed by atoms with Crippen molar-refractivity contribution in [3.05, 3.63) is 35.4 Å². The van der Waals surface area contributed by atoms with Crippen LogP contribution in [0.1, 0.15) is 31.4 Å². The lowest BCUT2D eigenvalue weighted by Crippen LogP contribution is -2.32. The van der Waals surface area contributed by atoms with E-state index in [0.717, 1.165) is 11.1 Å². The van der Waals surface area contributed by atoms with Gasteiger partial charge in [-0.05, 0) is 17.0 Å². The number of amides is 2. The van der Waals surface area contributed by atoms with Gasteiger partial charge in [-0.2, -0.15) is 0 Å². The quantitative estimate of drug-likeness (QED) is 0.667. The molecule has 1 aromatic carbocycles. The molecule has 0 aromatic heterocycles. The maximum Gasteiger partial charge on any atom is 0.224 e. The summed E-state index contributed by atoms with van der Waals surface area (Å²) < 4.78 is 0. The van der Waals surface area contributed by atoms with Crippen molar-refractivity contribution in [2.45, 2.75) is 33.2 Å². The highest BCUT2D eigenvalue weighted by Crippen LogP contribution is 2.04. The van der Waals surface area contributed by atoms with Gasteiger partial charge in [0, 0.05) is 26.1 Å². The van der Waals surface area contributed by atoms with Crippen molar-refractivity contribution in [2.75, 3.05) is 13.1 Å². The Bertz CT molecular complexity index is 455. The van der Waals surface area contributed by atoms with E-state index in [9.17, 15) is 9.59 Å². The highest BCUT2D eigenvalue weighted by molar-refractivity contribution is 5.80. The lowest BCUT2D eigenvalue weighted by atomic mass is 10.1. The molecular weight excluding hydrogens is 266 g/mol. The standard InChI is InChI=1S/C16H25N3O2/c1-12(2)11-19-15(20)7-8-18-16(21)9-13-3-5-14(10-17)6-4-13/h3-6,12H,7-11,17H2,1-2H3,(H,18,21)(H,19,20). The van der Waals surface area contributed by atoms with Gasteiger partial charge in [-0.15, -0.1) is 0 Å². The van der Waals surface area contributed by atoms with E-state index in [4.69, 9.17) is 5.73 Å². The molecule has 116 valence electrons. The molecule has 0 saturated heterocycles. The molecule has 0 saturated carbocycles. The zero-order chi connectivity index (χ0) is 15.7. The number of nitrogens with two attached hydrogens (primary N) is 1. The molecule has 2 amide bonds. The molecule has 0 aliphatic rings. The fraction of sp³-hybridized carbons (Fsp3) is 0.500. The highest BCUT2D eigenvalue weighted by Gasteiger charge is 2.05. The van der Waals surface area contributed by atoms with Crippen molar-refractivity contribution in [2.24, 2.45) is 11.7 Å². The molecule has 0 radical (unpaired) electrons. The number of hydrogen-bond acceptors (Lipinski definition) is 3. The Morgan fingerprint density at radius 3 is 2.24 bits per heavy atom. The minimum Gasteiger partial charge on any atom is -0.356 e. The molecule has 0 fully saturated rings. The van der Waals surface area contributed by atoms with E-state index in [1.165, 1.54) is 0 Å². The molecule has 4 N–H and O–H groups in total. The summed E-state index contributed by atoms with van der Waals surface area (Å²) in [6.45, 7) is 5.61. The molecule has 0 atom stereocenters. The second-order valence-electron chi connectivity index (χ2n) is 5.50. The number of carbonyl (C=O) groups excluding carboxylic acids is 2. The van der Waals surface area contributed by atoms with Crippen LogP contribution in [-0.2, 0) is 22.6 Å². The summed E-state index contributed by atoms with van der Waals surface area (Å²) in [5.41, 5.74) is 7.50. The zero-order valence-electron chi connectivity index (χ0n) is 12.8. The van der Waals surface area contributed by atoms with Crippen LogP contribution in [0.15, 0.2) is 24.3 Å². The number of nitrogens with one attached hydrogen (secondary N) is 2. The van der Waals surface area contributed by atoms with Crippen LogP contribution in [0, 0.1) is 5.92 Å². The summed E-state index contributed by atoms with van der Waals surface area (Å²) in [5, 5.41) is 5.57. The predicted octanol–water partition coefficient (Wildman–Crippen LogP) is 0.966. The second kappa shape index (κ2) is 9.13. The SMILES string of the molecule is CC(C)CNC(=O)CCNC(=O)Cc1ccc(CN)cc1. The first-order valence-electron chi connectivity index (χ1n) is 7.32. The summed E-state index contributed by atoms with van der Waals surface area (Å²) >= 11 is 0. The third-order valence-corrected chi connectivity index (χ3v) is 3.01. The van der Waals surface area contributed by atoms with Gasteiger partial charge in [-0.3, -0.25) is 9.59 Å².